The summed E-state index contributed by atoms with van der Waals surface area (Å²) in [4.78, 5) is 4.12. The predicted octanol–water partition coefficient (Wildman–Crippen LogP) is 3.69. The third-order valence-corrected chi connectivity index (χ3v) is 4.05. The van der Waals surface area contributed by atoms with Gasteiger partial charge in [-0.15, -0.1) is 0 Å². The zero-order valence-corrected chi connectivity index (χ0v) is 12.3. The fourth-order valence-corrected chi connectivity index (χ4v) is 2.84. The summed E-state index contributed by atoms with van der Waals surface area (Å²) >= 11 is 6.19. The molecule has 0 amide bonds. The number of nitrogens with two attached hydrogens (primary N) is 1. The summed E-state index contributed by atoms with van der Waals surface area (Å²) in [5.74, 6) is 0.892. The van der Waals surface area contributed by atoms with Gasteiger partial charge in [0.05, 0.1) is 0 Å². The maximum atomic E-state index is 7.49. The number of halogens is 1. The zero-order chi connectivity index (χ0) is 14.8. The average molecular weight is 302 g/mol. The Bertz CT molecular complexity index is 700. The second-order valence-corrected chi connectivity index (χ2v) is 5.51. The maximum Gasteiger partial charge on any atom is 0.238 e. The number of benzene rings is 1. The number of nitrogen functional groups attached to an aromatic ring is 1. The van der Waals surface area contributed by atoms with E-state index in [4.69, 9.17) is 27.5 Å². The molecule has 4 nitrogen and oxygen atoms in total. The van der Waals surface area contributed by atoms with Crippen LogP contribution in [0.4, 0.5) is 0 Å². The van der Waals surface area contributed by atoms with Crippen molar-refractivity contribution in [3.8, 4) is 11.6 Å². The lowest BCUT2D eigenvalue weighted by atomic mass is 9.92. The van der Waals surface area contributed by atoms with Gasteiger partial charge in [0.15, 0.2) is 0 Å². The summed E-state index contributed by atoms with van der Waals surface area (Å²) < 4.78 is 5.77. The molecule has 1 aromatic heterocycles. The molecule has 1 heterocycles. The smallest absolute Gasteiger partial charge is 0.238 e. The van der Waals surface area contributed by atoms with Gasteiger partial charge in [-0.2, -0.15) is 0 Å². The van der Waals surface area contributed by atoms with Crippen molar-refractivity contribution in [2.75, 3.05) is 0 Å². The number of hydrogen-bond donors (Lipinski definition) is 2. The van der Waals surface area contributed by atoms with Crippen molar-refractivity contribution in [3.63, 3.8) is 0 Å². The van der Waals surface area contributed by atoms with E-state index in [0.29, 0.717) is 11.3 Å². The van der Waals surface area contributed by atoms with E-state index in [1.165, 1.54) is 30.2 Å². The number of nitrogens with zero attached hydrogens (tertiary/aromatic N) is 1. The lowest BCUT2D eigenvalue weighted by Crippen LogP contribution is -2.12. The Balaban J connectivity index is 1.90. The first-order valence-electron chi connectivity index (χ1n) is 6.93. The van der Waals surface area contributed by atoms with Crippen LogP contribution < -0.4 is 10.5 Å². The fourth-order valence-electron chi connectivity index (χ4n) is 2.59. The van der Waals surface area contributed by atoms with Crippen molar-refractivity contribution in [3.05, 3.63) is 52.2 Å². The van der Waals surface area contributed by atoms with Crippen molar-refractivity contribution in [1.29, 1.82) is 5.41 Å². The fraction of sp³-hybridized carbons (Fsp3) is 0.250. The van der Waals surface area contributed by atoms with E-state index in [-0.39, 0.29) is 16.7 Å². The molecule has 108 valence electrons. The second-order valence-electron chi connectivity index (χ2n) is 5.13. The average Bonchev–Trinajstić information content (AvgIpc) is 2.49. The van der Waals surface area contributed by atoms with Crippen LogP contribution in [-0.4, -0.2) is 10.8 Å². The maximum absolute atomic E-state index is 7.49. The van der Waals surface area contributed by atoms with Gasteiger partial charge in [0.2, 0.25) is 5.88 Å². The van der Waals surface area contributed by atoms with Crippen molar-refractivity contribution in [2.24, 2.45) is 5.73 Å². The van der Waals surface area contributed by atoms with Crippen LogP contribution in [0.5, 0.6) is 11.6 Å². The van der Waals surface area contributed by atoms with Crippen LogP contribution in [0.15, 0.2) is 30.5 Å². The molecule has 0 saturated carbocycles. The van der Waals surface area contributed by atoms with Crippen LogP contribution in [0.3, 0.4) is 0 Å². The van der Waals surface area contributed by atoms with Gasteiger partial charge < -0.3 is 10.5 Å². The highest BCUT2D eigenvalue weighted by Gasteiger charge is 2.14. The quantitative estimate of drug-likeness (QED) is 0.671. The molecule has 0 saturated heterocycles. The summed E-state index contributed by atoms with van der Waals surface area (Å²) in [6.07, 6.45) is 6.22. The number of rotatable bonds is 3. The van der Waals surface area contributed by atoms with Gasteiger partial charge in [0.25, 0.3) is 0 Å². The normalized spacial score (nSPS) is 13.6. The Morgan fingerprint density at radius 2 is 1.95 bits per heavy atom. The van der Waals surface area contributed by atoms with E-state index in [0.717, 1.165) is 12.8 Å². The molecule has 1 aliphatic carbocycles. The van der Waals surface area contributed by atoms with Crippen molar-refractivity contribution < 1.29 is 4.74 Å². The molecule has 3 rings (SSSR count). The Morgan fingerprint density at radius 1 is 1.19 bits per heavy atom. The van der Waals surface area contributed by atoms with Crippen LogP contribution in [0.2, 0.25) is 5.02 Å². The third kappa shape index (κ3) is 2.85. The minimum Gasteiger partial charge on any atom is -0.438 e. The summed E-state index contributed by atoms with van der Waals surface area (Å²) in [5, 5.41) is 7.75. The molecule has 0 atom stereocenters. The Labute approximate surface area is 128 Å². The molecule has 0 unspecified atom stereocenters. The van der Waals surface area contributed by atoms with Gasteiger partial charge in [-0.25, -0.2) is 4.98 Å². The summed E-state index contributed by atoms with van der Waals surface area (Å²) in [6.45, 7) is 0. The zero-order valence-electron chi connectivity index (χ0n) is 11.5. The van der Waals surface area contributed by atoms with Crippen LogP contribution in [0.1, 0.15) is 29.5 Å². The lowest BCUT2D eigenvalue weighted by Gasteiger charge is -2.17. The van der Waals surface area contributed by atoms with Crippen molar-refractivity contribution in [1.82, 2.24) is 4.98 Å². The van der Waals surface area contributed by atoms with Gasteiger partial charge in [-0.05, 0) is 55.0 Å². The molecular weight excluding hydrogens is 286 g/mol. The van der Waals surface area contributed by atoms with Crippen molar-refractivity contribution >= 4 is 17.4 Å². The molecule has 3 N–H and O–H groups in total. The Hall–Kier alpha value is -2.07. The summed E-state index contributed by atoms with van der Waals surface area (Å²) in [5.41, 5.74) is 8.64. The van der Waals surface area contributed by atoms with Gasteiger partial charge >= 0.3 is 0 Å². The monoisotopic (exact) mass is 301 g/mol. The number of nitrogens with one attached hydrogen (secondary N) is 1. The number of aryl methyl sites for hydroxylation is 2. The highest BCUT2D eigenvalue weighted by molar-refractivity contribution is 6.35. The lowest BCUT2D eigenvalue weighted by molar-refractivity contribution is 0.461. The number of ether oxygens (including phenoxy) is 1. The minimum atomic E-state index is -0.0994. The topological polar surface area (TPSA) is 72.0 Å². The SMILES string of the molecule is N=C(N)c1ccnc(Oc2ccc3c(c2)CCCC3)c1Cl. The van der Waals surface area contributed by atoms with E-state index in [9.17, 15) is 0 Å². The minimum absolute atomic E-state index is 0.0994. The van der Waals surface area contributed by atoms with E-state index >= 15 is 0 Å². The van der Waals surface area contributed by atoms with Crippen LogP contribution in [0.25, 0.3) is 0 Å². The predicted molar refractivity (Wildman–Crippen MR) is 83.4 cm³/mol. The first kappa shape index (κ1) is 13.9. The summed E-state index contributed by atoms with van der Waals surface area (Å²) in [7, 11) is 0. The molecule has 21 heavy (non-hydrogen) atoms. The molecule has 0 fully saturated rings. The molecule has 2 aromatic rings. The van der Waals surface area contributed by atoms with Crippen molar-refractivity contribution in [2.45, 2.75) is 25.7 Å². The molecule has 1 aromatic carbocycles. The molecular formula is C16H16ClN3O. The number of hydrogen-bond acceptors (Lipinski definition) is 3. The highest BCUT2D eigenvalue weighted by atomic mass is 35.5. The van der Waals surface area contributed by atoms with Crippen LogP contribution in [-0.2, 0) is 12.8 Å². The van der Waals surface area contributed by atoms with E-state index < -0.39 is 0 Å². The largest absolute Gasteiger partial charge is 0.438 e. The van der Waals surface area contributed by atoms with Gasteiger partial charge in [0.1, 0.15) is 16.6 Å². The van der Waals surface area contributed by atoms with E-state index in [2.05, 4.69) is 11.1 Å². The first-order chi connectivity index (χ1) is 10.1. The van der Waals surface area contributed by atoms with Gasteiger partial charge in [0, 0.05) is 11.8 Å². The first-order valence-corrected chi connectivity index (χ1v) is 7.31. The number of amidine groups is 1. The van der Waals surface area contributed by atoms with Crippen LogP contribution >= 0.6 is 11.6 Å². The highest BCUT2D eigenvalue weighted by Crippen LogP contribution is 2.32. The molecule has 1 aliphatic rings. The van der Waals surface area contributed by atoms with Crippen LogP contribution in [0, 0.1) is 5.41 Å². The summed E-state index contributed by atoms with van der Waals surface area (Å²) in [6, 6.07) is 7.69. The molecule has 0 spiro atoms. The van der Waals surface area contributed by atoms with Gasteiger partial charge in [-0.1, -0.05) is 17.7 Å². The number of pyridine rings is 1. The Morgan fingerprint density at radius 3 is 2.71 bits per heavy atom. The third-order valence-electron chi connectivity index (χ3n) is 3.68. The van der Waals surface area contributed by atoms with Gasteiger partial charge in [-0.3, -0.25) is 5.41 Å². The molecule has 0 bridgehead atoms. The number of fused-ring (bicyclic) bond motifs is 1. The van der Waals surface area contributed by atoms with E-state index in [1.807, 2.05) is 12.1 Å². The Kier molecular flexibility index (Phi) is 3.80. The number of aromatic nitrogens is 1. The standard InChI is InChI=1S/C16H16ClN3O/c17-14-13(15(18)19)7-8-20-16(14)21-12-6-5-10-3-1-2-4-11(10)9-12/h5-9H,1-4H2,(H3,18,19). The molecule has 0 aliphatic heterocycles. The van der Waals surface area contributed by atoms with E-state index in [1.54, 1.807) is 6.07 Å². The molecule has 0 radical (unpaired) electrons. The second kappa shape index (κ2) is 5.74. The molecule has 5 heteroatoms.